The van der Waals surface area contributed by atoms with Gasteiger partial charge in [0.25, 0.3) is 0 Å². The highest BCUT2D eigenvalue weighted by Gasteiger charge is 2.33. The highest BCUT2D eigenvalue weighted by molar-refractivity contribution is 7.92. The smallest absolute Gasteiger partial charge is 0.244 e. The molecule has 1 aromatic rings. The van der Waals surface area contributed by atoms with Crippen LogP contribution in [0.15, 0.2) is 18.2 Å². The molecule has 0 aliphatic carbocycles. The number of hydrogen-bond acceptors (Lipinski definition) is 4. The number of nitrogens with zero attached hydrogens (tertiary/aromatic N) is 2. The van der Waals surface area contributed by atoms with Crippen LogP contribution >= 0.6 is 11.6 Å². The van der Waals surface area contributed by atoms with Crippen LogP contribution in [-0.4, -0.2) is 57.7 Å². The Balaban J connectivity index is 2.30. The van der Waals surface area contributed by atoms with E-state index in [9.17, 15) is 13.2 Å². The molecule has 146 valence electrons. The molecule has 26 heavy (non-hydrogen) atoms. The monoisotopic (exact) mass is 401 g/mol. The van der Waals surface area contributed by atoms with Crippen molar-refractivity contribution in [3.8, 4) is 0 Å². The zero-order valence-electron chi connectivity index (χ0n) is 15.8. The second-order valence-corrected chi connectivity index (χ2v) is 9.30. The quantitative estimate of drug-likeness (QED) is 0.794. The maximum Gasteiger partial charge on any atom is 0.244 e. The molecule has 1 amide bonds. The molecule has 1 aliphatic rings. The molecule has 0 spiro atoms. The van der Waals surface area contributed by atoms with Crippen molar-refractivity contribution in [3.05, 3.63) is 28.8 Å². The topological polar surface area (TPSA) is 69.7 Å². The number of sulfonamides is 1. The van der Waals surface area contributed by atoms with Gasteiger partial charge in [0.1, 0.15) is 6.04 Å². The molecule has 1 N–H and O–H groups in total. The molecule has 0 aromatic heterocycles. The second-order valence-electron chi connectivity index (χ2n) is 7.00. The van der Waals surface area contributed by atoms with E-state index in [1.54, 1.807) is 18.2 Å². The van der Waals surface area contributed by atoms with Crippen LogP contribution in [-0.2, 0) is 14.8 Å². The fraction of sp³-hybridized carbons (Fsp3) is 0.611. The number of halogens is 1. The zero-order valence-corrected chi connectivity index (χ0v) is 17.4. The molecule has 0 bridgehead atoms. The molecule has 1 fully saturated rings. The Labute approximate surface area is 161 Å². The number of nitrogens with one attached hydrogen (secondary N) is 1. The van der Waals surface area contributed by atoms with Gasteiger partial charge in [0.05, 0.1) is 11.9 Å². The van der Waals surface area contributed by atoms with Crippen molar-refractivity contribution >= 4 is 33.2 Å². The number of likely N-dealkylation sites (tertiary alicyclic amines) is 1. The molecule has 6 nitrogen and oxygen atoms in total. The van der Waals surface area contributed by atoms with Gasteiger partial charge in [0.2, 0.25) is 15.9 Å². The molecule has 1 unspecified atom stereocenters. The number of carbonyl (C=O) groups is 1. The highest BCUT2D eigenvalue weighted by Crippen LogP contribution is 2.29. The number of benzene rings is 1. The maximum atomic E-state index is 12.9. The van der Waals surface area contributed by atoms with Crippen molar-refractivity contribution in [1.29, 1.82) is 0 Å². The van der Waals surface area contributed by atoms with E-state index in [1.165, 1.54) is 4.31 Å². The first-order chi connectivity index (χ1) is 12.1. The van der Waals surface area contributed by atoms with Gasteiger partial charge < -0.3 is 10.2 Å². The lowest BCUT2D eigenvalue weighted by Gasteiger charge is -2.34. The Morgan fingerprint density at radius 2 is 2.00 bits per heavy atom. The van der Waals surface area contributed by atoms with Gasteiger partial charge in [-0.15, -0.1) is 0 Å². The van der Waals surface area contributed by atoms with Crippen molar-refractivity contribution < 1.29 is 13.2 Å². The molecular weight excluding hydrogens is 374 g/mol. The summed E-state index contributed by atoms with van der Waals surface area (Å²) in [6.07, 6.45) is 3.23. The lowest BCUT2D eigenvalue weighted by molar-refractivity contribution is -0.123. The van der Waals surface area contributed by atoms with Crippen LogP contribution in [0.3, 0.4) is 0 Å². The average Bonchev–Trinajstić information content (AvgIpc) is 2.56. The van der Waals surface area contributed by atoms with E-state index in [0.29, 0.717) is 17.1 Å². The van der Waals surface area contributed by atoms with Crippen molar-refractivity contribution in [3.63, 3.8) is 0 Å². The average molecular weight is 402 g/mol. The maximum absolute atomic E-state index is 12.9. The lowest BCUT2D eigenvalue weighted by atomic mass is 10.0. The first kappa shape index (κ1) is 21.0. The van der Waals surface area contributed by atoms with E-state index < -0.39 is 16.1 Å². The first-order valence-corrected chi connectivity index (χ1v) is 11.1. The second kappa shape index (κ2) is 8.59. The van der Waals surface area contributed by atoms with Gasteiger partial charge in [-0.05, 0) is 64.0 Å². The van der Waals surface area contributed by atoms with Gasteiger partial charge in [0, 0.05) is 11.1 Å². The highest BCUT2D eigenvalue weighted by atomic mass is 35.5. The summed E-state index contributed by atoms with van der Waals surface area (Å²) in [5.41, 5.74) is 1.20. The summed E-state index contributed by atoms with van der Waals surface area (Å²) < 4.78 is 26.3. The Kier molecular flexibility index (Phi) is 6.93. The molecule has 1 heterocycles. The Morgan fingerprint density at radius 1 is 1.38 bits per heavy atom. The summed E-state index contributed by atoms with van der Waals surface area (Å²) in [6.45, 7) is 5.47. The van der Waals surface area contributed by atoms with E-state index >= 15 is 0 Å². The number of rotatable bonds is 6. The number of piperidine rings is 1. The molecule has 1 atom stereocenters. The molecule has 0 radical (unpaired) electrons. The number of hydrogen-bond donors (Lipinski definition) is 1. The third-order valence-corrected chi connectivity index (χ3v) is 6.20. The first-order valence-electron chi connectivity index (χ1n) is 8.88. The predicted octanol–water partition coefficient (Wildman–Crippen LogP) is 2.40. The largest absolute Gasteiger partial charge is 0.351 e. The normalized spacial score (nSPS) is 17.7. The van der Waals surface area contributed by atoms with Crippen molar-refractivity contribution in [2.45, 2.75) is 45.2 Å². The van der Waals surface area contributed by atoms with E-state index in [1.807, 2.05) is 13.8 Å². The van der Waals surface area contributed by atoms with Gasteiger partial charge in [-0.3, -0.25) is 9.10 Å². The summed E-state index contributed by atoms with van der Waals surface area (Å²) in [6, 6.07) is 4.35. The van der Waals surface area contributed by atoms with Gasteiger partial charge in [-0.25, -0.2) is 8.42 Å². The van der Waals surface area contributed by atoms with Gasteiger partial charge in [0.15, 0.2) is 0 Å². The number of aryl methyl sites for hydroxylation is 1. The number of amides is 1. The van der Waals surface area contributed by atoms with Crippen molar-refractivity contribution in [2.75, 3.05) is 30.7 Å². The summed E-state index contributed by atoms with van der Waals surface area (Å²) in [5.74, 6) is -0.258. The van der Waals surface area contributed by atoms with Crippen LogP contribution in [0.2, 0.25) is 5.02 Å². The van der Waals surface area contributed by atoms with E-state index in [0.717, 1.165) is 37.8 Å². The van der Waals surface area contributed by atoms with Crippen LogP contribution in [0.25, 0.3) is 0 Å². The van der Waals surface area contributed by atoms with Crippen molar-refractivity contribution in [2.24, 2.45) is 0 Å². The van der Waals surface area contributed by atoms with Gasteiger partial charge in [-0.1, -0.05) is 24.6 Å². The Bertz CT molecular complexity index is 746. The SMILES string of the molecule is CCC(C(=O)NC1CCN(C)CC1)N(c1cc(Cl)ccc1C)S(C)(=O)=O. The minimum atomic E-state index is -3.66. The summed E-state index contributed by atoms with van der Waals surface area (Å²) in [5, 5.41) is 3.48. The minimum absolute atomic E-state index is 0.0784. The predicted molar refractivity (Wildman–Crippen MR) is 106 cm³/mol. The molecule has 8 heteroatoms. The molecule has 2 rings (SSSR count). The molecular formula is C18H28ClN3O3S. The third kappa shape index (κ3) is 5.11. The van der Waals surface area contributed by atoms with E-state index in [4.69, 9.17) is 11.6 Å². The zero-order chi connectivity index (χ0) is 19.5. The standard InChI is InChI=1S/C18H28ClN3O3S/c1-5-16(18(23)20-15-8-10-21(3)11-9-15)22(26(4,24)25)17-12-14(19)7-6-13(17)2/h6-7,12,15-16H,5,8-11H2,1-4H3,(H,20,23). The summed E-state index contributed by atoms with van der Waals surface area (Å²) in [4.78, 5) is 15.1. The van der Waals surface area contributed by atoms with E-state index in [-0.39, 0.29) is 11.9 Å². The number of carbonyl (C=O) groups excluding carboxylic acids is 1. The fourth-order valence-electron chi connectivity index (χ4n) is 3.31. The van der Waals surface area contributed by atoms with Crippen molar-refractivity contribution in [1.82, 2.24) is 10.2 Å². The van der Waals surface area contributed by atoms with Crippen LogP contribution in [0.5, 0.6) is 0 Å². The van der Waals surface area contributed by atoms with Crippen LogP contribution in [0.4, 0.5) is 5.69 Å². The van der Waals surface area contributed by atoms with Gasteiger partial charge in [-0.2, -0.15) is 0 Å². The van der Waals surface area contributed by atoms with E-state index in [2.05, 4.69) is 17.3 Å². The third-order valence-electron chi connectivity index (χ3n) is 4.80. The lowest BCUT2D eigenvalue weighted by Crippen LogP contribution is -2.53. The van der Waals surface area contributed by atoms with Crippen LogP contribution in [0, 0.1) is 6.92 Å². The fourth-order valence-corrected chi connectivity index (χ4v) is 4.73. The van der Waals surface area contributed by atoms with Gasteiger partial charge >= 0.3 is 0 Å². The number of anilines is 1. The molecule has 0 saturated carbocycles. The molecule has 1 saturated heterocycles. The molecule has 1 aromatic carbocycles. The van der Waals surface area contributed by atoms with Crippen LogP contribution in [0.1, 0.15) is 31.7 Å². The molecule has 1 aliphatic heterocycles. The minimum Gasteiger partial charge on any atom is -0.351 e. The summed E-state index contributed by atoms with van der Waals surface area (Å²) >= 11 is 6.08. The Morgan fingerprint density at radius 3 is 2.54 bits per heavy atom. The Hall–Kier alpha value is -1.31. The van der Waals surface area contributed by atoms with Crippen LogP contribution < -0.4 is 9.62 Å². The summed E-state index contributed by atoms with van der Waals surface area (Å²) in [7, 11) is -1.60.